The molecule has 0 bridgehead atoms. The van der Waals surface area contributed by atoms with E-state index in [0.717, 1.165) is 12.8 Å². The van der Waals surface area contributed by atoms with Crippen molar-refractivity contribution >= 4 is 5.97 Å². The predicted octanol–water partition coefficient (Wildman–Crippen LogP) is 1.85. The molecule has 1 aliphatic carbocycles. The standard InChI is InChI=1S/C11H15NO2/c1-7-3-4-9-8(5-7)6-10(11(13)14)12(9)2/h6-7H,3-5H2,1-2H3,(H,13,14). The average molecular weight is 193 g/mol. The summed E-state index contributed by atoms with van der Waals surface area (Å²) < 4.78 is 1.82. The van der Waals surface area contributed by atoms with E-state index < -0.39 is 5.97 Å². The van der Waals surface area contributed by atoms with Crippen LogP contribution in [0.1, 0.15) is 35.1 Å². The summed E-state index contributed by atoms with van der Waals surface area (Å²) in [7, 11) is 1.85. The number of fused-ring (bicyclic) bond motifs is 1. The molecule has 0 saturated heterocycles. The van der Waals surface area contributed by atoms with Crippen molar-refractivity contribution in [2.24, 2.45) is 13.0 Å². The van der Waals surface area contributed by atoms with E-state index in [0.29, 0.717) is 11.6 Å². The Morgan fingerprint density at radius 3 is 3.00 bits per heavy atom. The highest BCUT2D eigenvalue weighted by Gasteiger charge is 2.22. The number of carboxylic acids is 1. The van der Waals surface area contributed by atoms with Crippen molar-refractivity contribution in [1.82, 2.24) is 4.57 Å². The molecule has 1 N–H and O–H groups in total. The zero-order valence-corrected chi connectivity index (χ0v) is 8.58. The summed E-state index contributed by atoms with van der Waals surface area (Å²) in [6.45, 7) is 2.22. The Labute approximate surface area is 83.4 Å². The van der Waals surface area contributed by atoms with E-state index >= 15 is 0 Å². The van der Waals surface area contributed by atoms with Crippen LogP contribution in [0, 0.1) is 5.92 Å². The first-order valence-corrected chi connectivity index (χ1v) is 5.00. The lowest BCUT2D eigenvalue weighted by Crippen LogP contribution is -2.13. The molecular weight excluding hydrogens is 178 g/mol. The van der Waals surface area contributed by atoms with Crippen molar-refractivity contribution in [2.75, 3.05) is 0 Å². The Kier molecular flexibility index (Phi) is 2.10. The van der Waals surface area contributed by atoms with E-state index in [2.05, 4.69) is 6.92 Å². The van der Waals surface area contributed by atoms with Gasteiger partial charge in [-0.2, -0.15) is 0 Å². The fourth-order valence-corrected chi connectivity index (χ4v) is 2.28. The highest BCUT2D eigenvalue weighted by molar-refractivity contribution is 5.86. The van der Waals surface area contributed by atoms with Gasteiger partial charge in [-0.3, -0.25) is 0 Å². The summed E-state index contributed by atoms with van der Waals surface area (Å²) in [5.74, 6) is -0.138. The minimum Gasteiger partial charge on any atom is -0.477 e. The molecule has 0 amide bonds. The van der Waals surface area contributed by atoms with Crippen LogP contribution in [0.2, 0.25) is 0 Å². The quantitative estimate of drug-likeness (QED) is 0.739. The van der Waals surface area contributed by atoms with E-state index in [9.17, 15) is 4.79 Å². The Morgan fingerprint density at radius 2 is 2.36 bits per heavy atom. The maximum absolute atomic E-state index is 10.9. The Bertz CT molecular complexity index is 379. The molecule has 3 heteroatoms. The van der Waals surface area contributed by atoms with E-state index in [1.165, 1.54) is 17.7 Å². The molecule has 1 unspecified atom stereocenters. The van der Waals surface area contributed by atoms with Gasteiger partial charge < -0.3 is 9.67 Å². The minimum atomic E-state index is -0.824. The van der Waals surface area contributed by atoms with E-state index in [1.54, 1.807) is 0 Å². The predicted molar refractivity (Wildman–Crippen MR) is 53.6 cm³/mol. The van der Waals surface area contributed by atoms with Crippen LogP contribution in [0.5, 0.6) is 0 Å². The van der Waals surface area contributed by atoms with E-state index in [1.807, 2.05) is 17.7 Å². The van der Waals surface area contributed by atoms with Gasteiger partial charge in [0.25, 0.3) is 0 Å². The Hall–Kier alpha value is -1.25. The maximum atomic E-state index is 10.9. The van der Waals surface area contributed by atoms with Crippen molar-refractivity contribution in [1.29, 1.82) is 0 Å². The van der Waals surface area contributed by atoms with Crippen LogP contribution in [0.25, 0.3) is 0 Å². The largest absolute Gasteiger partial charge is 0.477 e. The highest BCUT2D eigenvalue weighted by Crippen LogP contribution is 2.27. The minimum absolute atomic E-state index is 0.420. The lowest BCUT2D eigenvalue weighted by atomic mass is 9.89. The first kappa shape index (κ1) is 9.31. The zero-order valence-electron chi connectivity index (χ0n) is 8.58. The molecule has 1 aromatic rings. The number of hydrogen-bond donors (Lipinski definition) is 1. The lowest BCUT2D eigenvalue weighted by molar-refractivity contribution is 0.0686. The Balaban J connectivity index is 2.45. The van der Waals surface area contributed by atoms with Crippen molar-refractivity contribution in [3.05, 3.63) is 23.0 Å². The van der Waals surface area contributed by atoms with Crippen LogP contribution in [-0.4, -0.2) is 15.6 Å². The maximum Gasteiger partial charge on any atom is 0.352 e. The number of aromatic carboxylic acids is 1. The van der Waals surface area contributed by atoms with Gasteiger partial charge in [0.2, 0.25) is 0 Å². The van der Waals surface area contributed by atoms with Crippen molar-refractivity contribution < 1.29 is 9.90 Å². The summed E-state index contributed by atoms with van der Waals surface area (Å²) >= 11 is 0. The van der Waals surface area contributed by atoms with E-state index in [4.69, 9.17) is 5.11 Å². The smallest absolute Gasteiger partial charge is 0.352 e. The van der Waals surface area contributed by atoms with Gasteiger partial charge in [-0.1, -0.05) is 6.92 Å². The molecule has 0 radical (unpaired) electrons. The third-order valence-electron chi connectivity index (χ3n) is 3.11. The fourth-order valence-electron chi connectivity index (χ4n) is 2.28. The molecule has 0 aliphatic heterocycles. The second-order valence-electron chi connectivity index (χ2n) is 4.21. The number of rotatable bonds is 1. The normalized spacial score (nSPS) is 20.6. The number of carboxylic acid groups (broad SMARTS) is 1. The van der Waals surface area contributed by atoms with Gasteiger partial charge in [-0.05, 0) is 36.8 Å². The second-order valence-corrected chi connectivity index (χ2v) is 4.21. The first-order valence-electron chi connectivity index (χ1n) is 5.00. The van der Waals surface area contributed by atoms with E-state index in [-0.39, 0.29) is 0 Å². The van der Waals surface area contributed by atoms with Crippen molar-refractivity contribution in [3.8, 4) is 0 Å². The fraction of sp³-hybridized carbons (Fsp3) is 0.545. The summed E-state index contributed by atoms with van der Waals surface area (Å²) in [6.07, 6.45) is 3.21. The summed E-state index contributed by atoms with van der Waals surface area (Å²) in [5.41, 5.74) is 2.85. The molecule has 1 aromatic heterocycles. The van der Waals surface area contributed by atoms with Gasteiger partial charge in [0.05, 0.1) is 0 Å². The van der Waals surface area contributed by atoms with Crippen LogP contribution >= 0.6 is 0 Å². The number of carbonyl (C=O) groups is 1. The SMILES string of the molecule is CC1CCc2c(cc(C(=O)O)n2C)C1. The molecule has 1 aliphatic rings. The zero-order chi connectivity index (χ0) is 10.3. The van der Waals surface area contributed by atoms with Gasteiger partial charge >= 0.3 is 5.97 Å². The molecule has 1 atom stereocenters. The summed E-state index contributed by atoms with van der Waals surface area (Å²) in [5, 5.41) is 8.96. The van der Waals surface area contributed by atoms with Crippen LogP contribution in [-0.2, 0) is 19.9 Å². The third-order valence-corrected chi connectivity index (χ3v) is 3.11. The van der Waals surface area contributed by atoms with Crippen molar-refractivity contribution in [3.63, 3.8) is 0 Å². The molecule has 14 heavy (non-hydrogen) atoms. The van der Waals surface area contributed by atoms with Gasteiger partial charge in [-0.15, -0.1) is 0 Å². The van der Waals surface area contributed by atoms with Gasteiger partial charge in [0.15, 0.2) is 0 Å². The third kappa shape index (κ3) is 1.33. The lowest BCUT2D eigenvalue weighted by Gasteiger charge is -2.19. The molecule has 2 rings (SSSR count). The van der Waals surface area contributed by atoms with Crippen LogP contribution in [0.3, 0.4) is 0 Å². The van der Waals surface area contributed by atoms with Crippen LogP contribution < -0.4 is 0 Å². The Morgan fingerprint density at radius 1 is 1.64 bits per heavy atom. The summed E-state index contributed by atoms with van der Waals surface area (Å²) in [4.78, 5) is 10.9. The molecular formula is C11H15NO2. The number of hydrogen-bond acceptors (Lipinski definition) is 1. The topological polar surface area (TPSA) is 42.2 Å². The monoisotopic (exact) mass is 193 g/mol. The average Bonchev–Trinajstić information content (AvgIpc) is 2.43. The molecule has 76 valence electrons. The van der Waals surface area contributed by atoms with Crippen molar-refractivity contribution in [2.45, 2.75) is 26.2 Å². The van der Waals surface area contributed by atoms with Gasteiger partial charge in [0, 0.05) is 12.7 Å². The number of nitrogens with zero attached hydrogens (tertiary/aromatic N) is 1. The first-order chi connectivity index (χ1) is 6.59. The van der Waals surface area contributed by atoms with Gasteiger partial charge in [0.1, 0.15) is 5.69 Å². The molecule has 0 aromatic carbocycles. The second kappa shape index (κ2) is 3.15. The number of aromatic nitrogens is 1. The molecule has 3 nitrogen and oxygen atoms in total. The highest BCUT2D eigenvalue weighted by atomic mass is 16.4. The molecule has 0 fully saturated rings. The van der Waals surface area contributed by atoms with Crippen LogP contribution in [0.15, 0.2) is 6.07 Å². The molecule has 0 saturated carbocycles. The molecule has 1 heterocycles. The summed E-state index contributed by atoms with van der Waals surface area (Å²) in [6, 6.07) is 1.83. The van der Waals surface area contributed by atoms with Crippen LogP contribution in [0.4, 0.5) is 0 Å². The van der Waals surface area contributed by atoms with Gasteiger partial charge in [-0.25, -0.2) is 4.79 Å². The molecule has 0 spiro atoms.